The average molecular weight is 860 g/mol. The number of amides is 1. The lowest BCUT2D eigenvalue weighted by Crippen LogP contribution is -2.70. The van der Waals surface area contributed by atoms with Crippen LogP contribution in [0.15, 0.2) is 71.9 Å². The predicted octanol–water partition coefficient (Wildman–Crippen LogP) is 11.2. The van der Waals surface area contributed by atoms with Crippen LogP contribution in [-0.2, 0) is 14.4 Å². The molecule has 1 heterocycles. The molecule has 3 aliphatic rings. The van der Waals surface area contributed by atoms with Crippen molar-refractivity contribution in [3.63, 3.8) is 0 Å². The van der Waals surface area contributed by atoms with Gasteiger partial charge in [0.1, 0.15) is 29.9 Å². The molecule has 1 fully saturated rings. The molecule has 12 nitrogen and oxygen atoms in total. The Balaban J connectivity index is 1.63. The minimum atomic E-state index is -1.32. The summed E-state index contributed by atoms with van der Waals surface area (Å²) in [5.74, 6) is -0.251. The van der Waals surface area contributed by atoms with Gasteiger partial charge in [-0.2, -0.15) is 0 Å². The molecule has 2 N–H and O–H groups in total. The zero-order valence-corrected chi connectivity index (χ0v) is 37.6. The first kappa shape index (κ1) is 48.8. The number of nitro groups is 1. The van der Waals surface area contributed by atoms with E-state index in [2.05, 4.69) is 26.5 Å². The standard InChI is InChI=1S/C50H73N3O9/c1-5-9-10-11-12-13-14-15-16-26-47(56)52(29-6-2)46-36-44(51-60-8-4)42-33-37(22-17-19-30-54)41(25-18-20-31-55)48-43-35-40(61-39-24-21-23-38(34-39)53(57)58)27-28-45(43)62-50(46,49(42)48)59-32-7-3/h7,21,23-24,27-28,33-35,37,41,46,48-49,54-55H,3,5-6,8-20,22,25-26,29-32,36H2,1-2,4H3. The van der Waals surface area contributed by atoms with Crippen LogP contribution in [0.4, 0.5) is 5.69 Å². The van der Waals surface area contributed by atoms with Crippen molar-refractivity contribution in [1.82, 2.24) is 4.90 Å². The van der Waals surface area contributed by atoms with Gasteiger partial charge in [0.2, 0.25) is 11.7 Å². The Hall–Kier alpha value is -4.26. The fourth-order valence-corrected chi connectivity index (χ4v) is 10.1. The molecule has 0 bridgehead atoms. The predicted molar refractivity (Wildman–Crippen MR) is 244 cm³/mol. The molecule has 6 atom stereocenters. The molecule has 2 aromatic carbocycles. The van der Waals surface area contributed by atoms with Crippen molar-refractivity contribution in [2.45, 2.75) is 154 Å². The number of hydrogen-bond donors (Lipinski definition) is 2. The van der Waals surface area contributed by atoms with Gasteiger partial charge in [-0.05, 0) is 87.1 Å². The van der Waals surface area contributed by atoms with Crippen molar-refractivity contribution in [3.8, 4) is 17.2 Å². The second-order valence-corrected chi connectivity index (χ2v) is 17.2. The number of hydrogen-bond acceptors (Lipinski definition) is 10. The number of oxime groups is 1. The molecule has 5 rings (SSSR count). The third kappa shape index (κ3) is 12.3. The van der Waals surface area contributed by atoms with Gasteiger partial charge in [0.15, 0.2) is 0 Å². The molecule has 0 aromatic heterocycles. The Labute approximate surface area is 369 Å². The smallest absolute Gasteiger partial charge is 0.273 e. The van der Waals surface area contributed by atoms with Crippen LogP contribution < -0.4 is 9.47 Å². The maximum Gasteiger partial charge on any atom is 0.273 e. The summed E-state index contributed by atoms with van der Waals surface area (Å²) in [5, 5.41) is 36.3. The number of aliphatic hydroxyl groups excluding tert-OH is 2. The van der Waals surface area contributed by atoms with E-state index >= 15 is 0 Å². The topological polar surface area (TPSA) is 153 Å². The van der Waals surface area contributed by atoms with E-state index in [1.165, 1.54) is 50.7 Å². The van der Waals surface area contributed by atoms with Crippen molar-refractivity contribution in [2.75, 3.05) is 33.0 Å². The van der Waals surface area contributed by atoms with Crippen LogP contribution in [-0.4, -0.2) is 76.5 Å². The summed E-state index contributed by atoms with van der Waals surface area (Å²) in [5.41, 5.74) is 2.61. The number of carbonyl (C=O) groups excluding carboxylic acids is 1. The van der Waals surface area contributed by atoms with Crippen LogP contribution in [0.1, 0.15) is 148 Å². The molecule has 6 unspecified atom stereocenters. The molecule has 12 heteroatoms. The largest absolute Gasteiger partial charge is 0.459 e. The van der Waals surface area contributed by atoms with E-state index in [0.717, 1.165) is 68.2 Å². The Kier molecular flexibility index (Phi) is 19.8. The van der Waals surface area contributed by atoms with Crippen molar-refractivity contribution in [2.24, 2.45) is 22.9 Å². The molecule has 0 saturated heterocycles. The molecule has 342 valence electrons. The highest BCUT2D eigenvalue weighted by Gasteiger charge is 2.65. The molecule has 1 saturated carbocycles. The summed E-state index contributed by atoms with van der Waals surface area (Å²) < 4.78 is 20.8. The summed E-state index contributed by atoms with van der Waals surface area (Å²) in [7, 11) is 0. The minimum Gasteiger partial charge on any atom is -0.459 e. The molecule has 0 spiro atoms. The number of rotatable bonds is 29. The number of unbranched alkanes of at least 4 members (excludes halogenated alkanes) is 10. The van der Waals surface area contributed by atoms with Crippen LogP contribution in [0, 0.1) is 27.9 Å². The van der Waals surface area contributed by atoms with E-state index in [1.54, 1.807) is 18.2 Å². The highest BCUT2D eigenvalue weighted by atomic mass is 16.7. The molecule has 0 radical (unpaired) electrons. The highest BCUT2D eigenvalue weighted by molar-refractivity contribution is 6.03. The lowest BCUT2D eigenvalue weighted by molar-refractivity contribution is -0.384. The summed E-state index contributed by atoms with van der Waals surface area (Å²) in [6.45, 7) is 11.6. The van der Waals surface area contributed by atoms with E-state index in [-0.39, 0.29) is 49.2 Å². The summed E-state index contributed by atoms with van der Waals surface area (Å²) in [4.78, 5) is 33.7. The van der Waals surface area contributed by atoms with Gasteiger partial charge < -0.3 is 34.2 Å². The monoisotopic (exact) mass is 860 g/mol. The average Bonchev–Trinajstić information content (AvgIpc) is 3.27. The van der Waals surface area contributed by atoms with Gasteiger partial charge in [-0.15, -0.1) is 6.58 Å². The number of benzene rings is 2. The molecular formula is C50H73N3O9. The molecule has 62 heavy (non-hydrogen) atoms. The van der Waals surface area contributed by atoms with Gasteiger partial charge in [-0.3, -0.25) is 14.9 Å². The van der Waals surface area contributed by atoms with E-state index < -0.39 is 22.7 Å². The van der Waals surface area contributed by atoms with Gasteiger partial charge in [-0.25, -0.2) is 0 Å². The Morgan fingerprint density at radius 1 is 0.935 bits per heavy atom. The van der Waals surface area contributed by atoms with E-state index in [1.807, 2.05) is 30.0 Å². The molecular weight excluding hydrogens is 787 g/mol. The fourth-order valence-electron chi connectivity index (χ4n) is 10.1. The number of non-ortho nitro benzene ring substituents is 1. The number of allylic oxidation sites excluding steroid dienone is 1. The second-order valence-electron chi connectivity index (χ2n) is 17.2. The van der Waals surface area contributed by atoms with Crippen LogP contribution in [0.2, 0.25) is 0 Å². The SMILES string of the molecule is C=CCOC12Oc3ccc(Oc4cccc([N+](=O)[O-])c4)cc3C3C(CCCCO)C(CCCCO)C=C(C(=NOCC)CC1N(CCC)C(=O)CCCCCCCCCCC)C32. The molecule has 1 amide bonds. The van der Waals surface area contributed by atoms with E-state index in [9.17, 15) is 25.1 Å². The minimum absolute atomic E-state index is 0.0563. The Bertz CT molecular complexity index is 1800. The lowest BCUT2D eigenvalue weighted by atomic mass is 9.55. The maximum absolute atomic E-state index is 14.7. The second kappa shape index (κ2) is 25.1. The van der Waals surface area contributed by atoms with Crippen molar-refractivity contribution in [1.29, 1.82) is 0 Å². The van der Waals surface area contributed by atoms with Crippen molar-refractivity contribution < 1.29 is 39.0 Å². The third-order valence-electron chi connectivity index (χ3n) is 12.9. The Morgan fingerprint density at radius 2 is 1.65 bits per heavy atom. The molecule has 2 aromatic rings. The normalized spacial score (nSPS) is 23.1. The van der Waals surface area contributed by atoms with Crippen molar-refractivity contribution in [3.05, 3.63) is 82.4 Å². The number of nitrogens with zero attached hydrogens (tertiary/aromatic N) is 3. The molecule has 1 aliphatic heterocycles. The van der Waals surface area contributed by atoms with Gasteiger partial charge in [0.05, 0.1) is 29.2 Å². The number of ether oxygens (including phenoxy) is 3. The van der Waals surface area contributed by atoms with Gasteiger partial charge in [0.25, 0.3) is 5.69 Å². The molecule has 2 aliphatic carbocycles. The number of fused-ring (bicyclic) bond motifs is 2. The highest BCUT2D eigenvalue weighted by Crippen LogP contribution is 2.62. The number of carbonyl (C=O) groups is 1. The van der Waals surface area contributed by atoms with Crippen LogP contribution >= 0.6 is 0 Å². The first-order valence-electron chi connectivity index (χ1n) is 23.7. The number of nitro benzene ring substituents is 1. The summed E-state index contributed by atoms with van der Waals surface area (Å²) in [6, 6.07) is 11.3. The lowest BCUT2D eigenvalue weighted by Gasteiger charge is -2.60. The maximum atomic E-state index is 14.7. The zero-order valence-electron chi connectivity index (χ0n) is 37.6. The zero-order chi connectivity index (χ0) is 44.3. The number of aliphatic hydroxyl groups is 2. The van der Waals surface area contributed by atoms with Crippen LogP contribution in [0.25, 0.3) is 0 Å². The quantitative estimate of drug-likeness (QED) is 0.0352. The summed E-state index contributed by atoms with van der Waals surface area (Å²) in [6.07, 6.45) is 20.7. The van der Waals surface area contributed by atoms with Crippen molar-refractivity contribution >= 4 is 17.3 Å². The third-order valence-corrected chi connectivity index (χ3v) is 12.9. The fraction of sp³-hybridized carbons (Fsp3) is 0.640. The van der Waals surface area contributed by atoms with Gasteiger partial charge >= 0.3 is 0 Å². The Morgan fingerprint density at radius 3 is 2.32 bits per heavy atom. The van der Waals surface area contributed by atoms with Crippen LogP contribution in [0.5, 0.6) is 17.2 Å². The first-order chi connectivity index (χ1) is 30.3. The van der Waals surface area contributed by atoms with E-state index in [0.29, 0.717) is 56.1 Å². The summed E-state index contributed by atoms with van der Waals surface area (Å²) >= 11 is 0. The van der Waals surface area contributed by atoms with Gasteiger partial charge in [0, 0.05) is 50.1 Å². The first-order valence-corrected chi connectivity index (χ1v) is 23.7. The van der Waals surface area contributed by atoms with Gasteiger partial charge in [-0.1, -0.05) is 101 Å². The van der Waals surface area contributed by atoms with Crippen LogP contribution in [0.3, 0.4) is 0 Å². The van der Waals surface area contributed by atoms with E-state index in [4.69, 9.17) is 24.2 Å².